The molecule has 0 atom stereocenters. The maximum atomic E-state index is 5.81. The van der Waals surface area contributed by atoms with Crippen molar-refractivity contribution >= 4 is 54.4 Å². The Bertz CT molecular complexity index is 6020. The highest BCUT2D eigenvalue weighted by molar-refractivity contribution is 6.24. The summed E-state index contributed by atoms with van der Waals surface area (Å²) in [5.41, 5.74) is 34.1. The molecule has 0 saturated heterocycles. The topological polar surface area (TPSA) is 30.7 Å². The van der Waals surface area contributed by atoms with E-state index in [0.29, 0.717) is 0 Å². The third-order valence-corrected chi connectivity index (χ3v) is 21.5. The van der Waals surface area contributed by atoms with E-state index in [4.69, 9.17) is 9.97 Å². The van der Waals surface area contributed by atoms with E-state index in [1.54, 1.807) is 0 Å². The summed E-state index contributed by atoms with van der Waals surface area (Å²) in [6.07, 6.45) is 2.00. The van der Waals surface area contributed by atoms with Crippen molar-refractivity contribution in [3.05, 3.63) is 366 Å². The van der Waals surface area contributed by atoms with E-state index in [9.17, 15) is 0 Å². The van der Waals surface area contributed by atoms with Crippen LogP contribution in [0.15, 0.2) is 322 Å². The molecule has 17 aromatic rings. The minimum Gasteiger partial charge on any atom is -0.309 e. The zero-order chi connectivity index (χ0) is 60.7. The summed E-state index contributed by atoms with van der Waals surface area (Å²) in [5.74, 6) is 0. The number of para-hydroxylation sites is 2. The van der Waals surface area contributed by atoms with Crippen molar-refractivity contribution in [1.82, 2.24) is 14.5 Å². The SMILES string of the molecule is c1ccc(-n2c3ccccc3c3cc(-c4cccc(-c5cnc6c7cc(-c8ccc9c(c8)C8(c%10ccccc%10-c%10ccccc%108)c8ccccc8-9)ccc7c7ccc(-c8ccc9c(c8)C8(c%10ccccc%10-c%10ccccc%108)c8ccccc8-9)cc7c6n5)c4)ccc32)cc1. The summed E-state index contributed by atoms with van der Waals surface area (Å²) in [6.45, 7) is 0. The van der Waals surface area contributed by atoms with Crippen LogP contribution in [-0.2, 0) is 10.8 Å². The van der Waals surface area contributed by atoms with Crippen molar-refractivity contribution in [1.29, 1.82) is 0 Å². The first-order chi connectivity index (χ1) is 46.1. The van der Waals surface area contributed by atoms with Crippen LogP contribution in [0.3, 0.4) is 0 Å². The fourth-order valence-electron chi connectivity index (χ4n) is 17.6. The number of aromatic nitrogens is 3. The molecule has 3 nitrogen and oxygen atoms in total. The van der Waals surface area contributed by atoms with Gasteiger partial charge in [0, 0.05) is 32.8 Å². The molecule has 3 heteroatoms. The normalized spacial score (nSPS) is 13.8. The number of hydrogen-bond donors (Lipinski definition) is 0. The molecule has 0 saturated carbocycles. The fraction of sp³-hybridized carbons (Fsp3) is 0.0222. The van der Waals surface area contributed by atoms with Crippen LogP contribution in [0.2, 0.25) is 0 Å². The van der Waals surface area contributed by atoms with Crippen LogP contribution in [0, 0.1) is 0 Å². The van der Waals surface area contributed by atoms with Gasteiger partial charge in [0.1, 0.15) is 0 Å². The van der Waals surface area contributed by atoms with Crippen LogP contribution in [-0.4, -0.2) is 14.5 Å². The molecule has 2 aromatic heterocycles. The van der Waals surface area contributed by atoms with Gasteiger partial charge >= 0.3 is 0 Å². The first kappa shape index (κ1) is 50.8. The summed E-state index contributed by atoms with van der Waals surface area (Å²) < 4.78 is 2.38. The lowest BCUT2D eigenvalue weighted by Gasteiger charge is -2.30. The highest BCUT2D eigenvalue weighted by Gasteiger charge is 2.53. The third kappa shape index (κ3) is 6.72. The average molecular weight is 1180 g/mol. The number of rotatable bonds is 5. The van der Waals surface area contributed by atoms with Crippen LogP contribution in [0.5, 0.6) is 0 Å². The Morgan fingerprint density at radius 3 is 1.12 bits per heavy atom. The van der Waals surface area contributed by atoms with Gasteiger partial charge in [0.05, 0.1) is 44.8 Å². The van der Waals surface area contributed by atoms with Gasteiger partial charge in [-0.05, 0) is 194 Å². The summed E-state index contributed by atoms with van der Waals surface area (Å²) in [4.78, 5) is 11.4. The first-order valence-electron chi connectivity index (χ1n) is 32.4. The molecular weight excluding hydrogens is 1120 g/mol. The lowest BCUT2D eigenvalue weighted by atomic mass is 9.70. The number of hydrogen-bond acceptors (Lipinski definition) is 2. The molecule has 0 bridgehead atoms. The molecular formula is C90H53N3. The molecule has 428 valence electrons. The van der Waals surface area contributed by atoms with Crippen LogP contribution in [0.25, 0.3) is 149 Å². The van der Waals surface area contributed by atoms with Crippen molar-refractivity contribution < 1.29 is 0 Å². The molecule has 21 rings (SSSR count). The van der Waals surface area contributed by atoms with Gasteiger partial charge in [-0.15, -0.1) is 0 Å². The van der Waals surface area contributed by atoms with Gasteiger partial charge in [-0.25, -0.2) is 4.98 Å². The monoisotopic (exact) mass is 1180 g/mol. The fourth-order valence-corrected chi connectivity index (χ4v) is 17.6. The lowest BCUT2D eigenvalue weighted by molar-refractivity contribution is 0.794. The second-order valence-corrected chi connectivity index (χ2v) is 25.8. The highest BCUT2D eigenvalue weighted by Crippen LogP contribution is 2.65. The van der Waals surface area contributed by atoms with Crippen molar-refractivity contribution in [3.8, 4) is 94.8 Å². The number of fused-ring (bicyclic) bond motifs is 29. The first-order valence-corrected chi connectivity index (χ1v) is 32.4. The van der Waals surface area contributed by atoms with E-state index in [2.05, 4.69) is 320 Å². The Hall–Kier alpha value is -12.0. The second kappa shape index (κ2) is 18.8. The van der Waals surface area contributed by atoms with Crippen LogP contribution >= 0.6 is 0 Å². The van der Waals surface area contributed by atoms with E-state index in [-0.39, 0.29) is 0 Å². The zero-order valence-corrected chi connectivity index (χ0v) is 50.4. The van der Waals surface area contributed by atoms with E-state index in [0.717, 1.165) is 77.3 Å². The molecule has 2 heterocycles. The third-order valence-electron chi connectivity index (χ3n) is 21.5. The van der Waals surface area contributed by atoms with Crippen molar-refractivity contribution in [3.63, 3.8) is 0 Å². The van der Waals surface area contributed by atoms with Gasteiger partial charge < -0.3 is 4.57 Å². The van der Waals surface area contributed by atoms with Gasteiger partial charge in [0.2, 0.25) is 0 Å². The van der Waals surface area contributed by atoms with Gasteiger partial charge in [-0.2, -0.15) is 0 Å². The number of nitrogens with zero attached hydrogens (tertiary/aromatic N) is 3. The Balaban J connectivity index is 0.756. The molecule has 2 spiro atoms. The quantitative estimate of drug-likeness (QED) is 0.161. The largest absolute Gasteiger partial charge is 0.309 e. The molecule has 93 heavy (non-hydrogen) atoms. The molecule has 4 aliphatic rings. The van der Waals surface area contributed by atoms with Gasteiger partial charge in [-0.1, -0.05) is 255 Å². The van der Waals surface area contributed by atoms with Gasteiger partial charge in [-0.3, -0.25) is 4.98 Å². The van der Waals surface area contributed by atoms with E-state index < -0.39 is 10.8 Å². The van der Waals surface area contributed by atoms with Crippen LogP contribution < -0.4 is 0 Å². The second-order valence-electron chi connectivity index (χ2n) is 25.8. The summed E-state index contributed by atoms with van der Waals surface area (Å²) in [7, 11) is 0. The summed E-state index contributed by atoms with van der Waals surface area (Å²) in [6, 6.07) is 118. The standard InChI is InChI=1S/C90H53N3/c1-2-21-61(22-3-1)93-85-36-17-10-29-72(85)73-48-57(41-46-86(73)93)54-19-18-20-60(47-54)84-53-91-87-74-49-55(58-39-44-70-68-27-8-15-34-80(68)89(82(70)51-58)76-30-11-4-23-64(76)65-24-5-12-31-77(65)89)37-42-62(74)63-43-38-56(50-75(63)88(87)92-84)59-40-45-71-69-28-9-16-35-81(69)90(83(71)52-59)78-32-13-6-25-66(78)67-26-7-14-33-79(67)90/h1-53H. The van der Waals surface area contributed by atoms with Crippen LogP contribution in [0.1, 0.15) is 44.5 Å². The Morgan fingerprint density at radius 2 is 0.602 bits per heavy atom. The summed E-state index contributed by atoms with van der Waals surface area (Å²) in [5, 5.41) is 6.88. The molecule has 4 aliphatic carbocycles. The predicted octanol–water partition coefficient (Wildman–Crippen LogP) is 22.4. The predicted molar refractivity (Wildman–Crippen MR) is 383 cm³/mol. The number of benzene rings is 15. The van der Waals surface area contributed by atoms with Crippen molar-refractivity contribution in [2.75, 3.05) is 0 Å². The smallest absolute Gasteiger partial charge is 0.0979 e. The molecule has 15 aromatic carbocycles. The average Bonchev–Trinajstić information content (AvgIpc) is 1.52. The molecule has 0 fully saturated rings. The molecule has 0 N–H and O–H groups in total. The Labute approximate surface area is 537 Å². The van der Waals surface area contributed by atoms with Gasteiger partial charge in [0.15, 0.2) is 0 Å². The minimum absolute atomic E-state index is 0.448. The lowest BCUT2D eigenvalue weighted by Crippen LogP contribution is -2.25. The van der Waals surface area contributed by atoms with Crippen molar-refractivity contribution in [2.45, 2.75) is 10.8 Å². The summed E-state index contributed by atoms with van der Waals surface area (Å²) >= 11 is 0. The molecule has 0 unspecified atom stereocenters. The van der Waals surface area contributed by atoms with E-state index >= 15 is 0 Å². The molecule has 0 amide bonds. The highest BCUT2D eigenvalue weighted by atomic mass is 15.0. The minimum atomic E-state index is -0.455. The Morgan fingerprint density at radius 1 is 0.226 bits per heavy atom. The molecule has 0 aliphatic heterocycles. The van der Waals surface area contributed by atoms with Crippen LogP contribution in [0.4, 0.5) is 0 Å². The van der Waals surface area contributed by atoms with Crippen molar-refractivity contribution in [2.24, 2.45) is 0 Å². The zero-order valence-electron chi connectivity index (χ0n) is 50.4. The van der Waals surface area contributed by atoms with Gasteiger partial charge in [0.25, 0.3) is 0 Å². The maximum absolute atomic E-state index is 5.81. The van der Waals surface area contributed by atoms with E-state index in [1.165, 1.54) is 116 Å². The maximum Gasteiger partial charge on any atom is 0.0979 e. The molecule has 0 radical (unpaired) electrons. The Kier molecular flexibility index (Phi) is 10.3. The van der Waals surface area contributed by atoms with E-state index in [1.807, 2.05) is 6.20 Å².